The number of ether oxygens (including phenoxy) is 3. The van der Waals surface area contributed by atoms with Crippen molar-refractivity contribution in [3.8, 4) is 0 Å². The predicted molar refractivity (Wildman–Crippen MR) is 82.1 cm³/mol. The molecule has 1 spiro atoms. The summed E-state index contributed by atoms with van der Waals surface area (Å²) in [5.74, 6) is -1.95. The predicted octanol–water partition coefficient (Wildman–Crippen LogP) is 2.34. The Morgan fingerprint density at radius 1 is 1.36 bits per heavy atom. The highest BCUT2D eigenvalue weighted by Gasteiger charge is 2.53. The molecule has 124 valence electrons. The van der Waals surface area contributed by atoms with Gasteiger partial charge in [0.05, 0.1) is 18.1 Å². The second-order valence-electron chi connectivity index (χ2n) is 6.42. The minimum Gasteiger partial charge on any atom is -0.465 e. The van der Waals surface area contributed by atoms with E-state index in [-0.39, 0.29) is 30.7 Å². The van der Waals surface area contributed by atoms with Gasteiger partial charge in [-0.05, 0) is 39.7 Å². The molecule has 0 amide bonds. The zero-order valence-electron chi connectivity index (χ0n) is 14.0. The van der Waals surface area contributed by atoms with Crippen molar-refractivity contribution in [3.05, 3.63) is 23.3 Å². The molecule has 1 unspecified atom stereocenters. The van der Waals surface area contributed by atoms with Gasteiger partial charge >= 0.3 is 5.97 Å². The Morgan fingerprint density at radius 2 is 1.95 bits per heavy atom. The normalized spacial score (nSPS) is 39.0. The maximum Gasteiger partial charge on any atom is 0.302 e. The van der Waals surface area contributed by atoms with Gasteiger partial charge in [0.15, 0.2) is 0 Å². The number of aliphatic hydroxyl groups excluding tert-OH is 1. The summed E-state index contributed by atoms with van der Waals surface area (Å²) in [6, 6.07) is 0. The molecule has 0 bridgehead atoms. The van der Waals surface area contributed by atoms with Crippen LogP contribution in [0.25, 0.3) is 0 Å². The fourth-order valence-corrected chi connectivity index (χ4v) is 3.34. The Labute approximate surface area is 131 Å². The van der Waals surface area contributed by atoms with Crippen LogP contribution in [0.3, 0.4) is 0 Å². The average molecular weight is 310 g/mol. The van der Waals surface area contributed by atoms with Crippen molar-refractivity contribution in [3.63, 3.8) is 0 Å². The lowest BCUT2D eigenvalue weighted by Crippen LogP contribution is -2.60. The van der Waals surface area contributed by atoms with Crippen LogP contribution in [0.15, 0.2) is 23.3 Å². The molecule has 1 saturated heterocycles. The molecule has 22 heavy (non-hydrogen) atoms. The van der Waals surface area contributed by atoms with E-state index in [2.05, 4.69) is 0 Å². The number of allylic oxidation sites excluding steroid dienone is 2. The van der Waals surface area contributed by atoms with Crippen molar-refractivity contribution in [1.82, 2.24) is 0 Å². The van der Waals surface area contributed by atoms with Crippen molar-refractivity contribution in [2.45, 2.75) is 65.1 Å². The summed E-state index contributed by atoms with van der Waals surface area (Å²) in [4.78, 5) is 11.2. The lowest BCUT2D eigenvalue weighted by molar-refractivity contribution is -0.357. The molecule has 1 aliphatic carbocycles. The van der Waals surface area contributed by atoms with Crippen LogP contribution in [0.1, 0.15) is 41.0 Å². The molecule has 5 atom stereocenters. The molecule has 0 aromatic rings. The molecule has 1 fully saturated rings. The van der Waals surface area contributed by atoms with Gasteiger partial charge in [0, 0.05) is 6.92 Å². The highest BCUT2D eigenvalue weighted by molar-refractivity contribution is 5.65. The first kappa shape index (κ1) is 17.2. The minimum atomic E-state index is -1.22. The molecule has 0 saturated carbocycles. The van der Waals surface area contributed by atoms with E-state index in [1.807, 2.05) is 39.8 Å². The van der Waals surface area contributed by atoms with Gasteiger partial charge in [0.25, 0.3) is 0 Å². The summed E-state index contributed by atoms with van der Waals surface area (Å²) >= 11 is 0. The third-order valence-corrected chi connectivity index (χ3v) is 4.15. The van der Waals surface area contributed by atoms with Crippen LogP contribution in [0.2, 0.25) is 0 Å². The Hall–Kier alpha value is -1.17. The van der Waals surface area contributed by atoms with Gasteiger partial charge < -0.3 is 19.3 Å². The largest absolute Gasteiger partial charge is 0.465 e. The molecule has 2 aliphatic rings. The van der Waals surface area contributed by atoms with Crippen molar-refractivity contribution in [2.75, 3.05) is 6.61 Å². The fraction of sp³-hybridized carbons (Fsp3) is 0.706. The first-order chi connectivity index (χ1) is 10.2. The van der Waals surface area contributed by atoms with Crippen LogP contribution in [-0.4, -0.2) is 41.8 Å². The van der Waals surface area contributed by atoms with Gasteiger partial charge in [-0.25, -0.2) is 0 Å². The van der Waals surface area contributed by atoms with Crippen molar-refractivity contribution >= 4 is 5.97 Å². The van der Waals surface area contributed by atoms with Gasteiger partial charge in [0.2, 0.25) is 5.79 Å². The highest BCUT2D eigenvalue weighted by atomic mass is 16.7. The van der Waals surface area contributed by atoms with E-state index >= 15 is 0 Å². The van der Waals surface area contributed by atoms with Gasteiger partial charge in [-0.3, -0.25) is 4.79 Å². The SMILES string of the molecule is CC(=O)OC[C@H]1C=C(C)C=C(C)[C@@H](O)C12O[C@H](C)C[C@H](C)O2. The van der Waals surface area contributed by atoms with Gasteiger partial charge in [-0.15, -0.1) is 0 Å². The average Bonchev–Trinajstić information content (AvgIpc) is 2.47. The molecule has 2 rings (SSSR count). The second kappa shape index (κ2) is 6.52. The van der Waals surface area contributed by atoms with Crippen LogP contribution in [0, 0.1) is 5.92 Å². The van der Waals surface area contributed by atoms with Crippen molar-refractivity contribution < 1.29 is 24.1 Å². The number of hydrogen-bond donors (Lipinski definition) is 1. The Balaban J connectivity index is 2.41. The molecule has 1 heterocycles. The number of hydrogen-bond acceptors (Lipinski definition) is 5. The van der Waals surface area contributed by atoms with E-state index in [0.29, 0.717) is 0 Å². The lowest BCUT2D eigenvalue weighted by atomic mass is 9.89. The van der Waals surface area contributed by atoms with E-state index in [9.17, 15) is 9.90 Å². The summed E-state index contributed by atoms with van der Waals surface area (Å²) in [6.45, 7) is 9.23. The molecule has 5 nitrogen and oxygen atoms in total. The molecule has 0 aromatic carbocycles. The van der Waals surface area contributed by atoms with Gasteiger partial charge in [-0.1, -0.05) is 17.7 Å². The Morgan fingerprint density at radius 3 is 2.50 bits per heavy atom. The lowest BCUT2D eigenvalue weighted by Gasteiger charge is -2.48. The van der Waals surface area contributed by atoms with Gasteiger partial charge in [-0.2, -0.15) is 0 Å². The molecule has 5 heteroatoms. The third-order valence-electron chi connectivity index (χ3n) is 4.15. The summed E-state index contributed by atoms with van der Waals surface area (Å²) in [5.41, 5.74) is 1.77. The minimum absolute atomic E-state index is 0.0437. The van der Waals surface area contributed by atoms with E-state index in [1.54, 1.807) is 0 Å². The van der Waals surface area contributed by atoms with E-state index in [0.717, 1.165) is 17.6 Å². The molecule has 0 radical (unpaired) electrons. The smallest absolute Gasteiger partial charge is 0.302 e. The maximum atomic E-state index is 11.2. The summed E-state index contributed by atoms with van der Waals surface area (Å²) in [6.07, 6.45) is 3.63. The first-order valence-electron chi connectivity index (χ1n) is 7.78. The highest BCUT2D eigenvalue weighted by Crippen LogP contribution is 2.41. The molecular weight excluding hydrogens is 284 g/mol. The molecule has 1 N–H and O–H groups in total. The van der Waals surface area contributed by atoms with E-state index < -0.39 is 11.9 Å². The van der Waals surface area contributed by atoms with Gasteiger partial charge in [0.1, 0.15) is 12.7 Å². The van der Waals surface area contributed by atoms with Crippen LogP contribution in [-0.2, 0) is 19.0 Å². The zero-order chi connectivity index (χ0) is 16.5. The van der Waals surface area contributed by atoms with Crippen LogP contribution >= 0.6 is 0 Å². The molecular formula is C17H26O5. The van der Waals surface area contributed by atoms with Crippen molar-refractivity contribution in [2.24, 2.45) is 5.92 Å². The standard InChI is InChI=1S/C17H26O5/c1-10-6-11(2)16(19)17(15(7-10)9-20-14(5)18)21-12(3)8-13(4)22-17/h6-7,12-13,15-16,19H,8-9H2,1-5H3/t12-,13+,15-,16-,17?/m1/s1. The summed E-state index contributed by atoms with van der Waals surface area (Å²) in [5, 5.41) is 10.8. The molecule has 0 aromatic heterocycles. The Bertz CT molecular complexity index is 483. The Kier molecular flexibility index (Phi) is 5.10. The van der Waals surface area contributed by atoms with Crippen LogP contribution in [0.4, 0.5) is 0 Å². The quantitative estimate of drug-likeness (QED) is 0.793. The zero-order valence-corrected chi connectivity index (χ0v) is 14.0. The topological polar surface area (TPSA) is 65.0 Å². The van der Waals surface area contributed by atoms with Crippen molar-refractivity contribution in [1.29, 1.82) is 0 Å². The summed E-state index contributed by atoms with van der Waals surface area (Å²) in [7, 11) is 0. The van der Waals surface area contributed by atoms with E-state index in [1.165, 1.54) is 6.92 Å². The maximum absolute atomic E-state index is 11.2. The first-order valence-corrected chi connectivity index (χ1v) is 7.78. The number of aliphatic hydroxyl groups is 1. The van der Waals surface area contributed by atoms with Crippen LogP contribution in [0.5, 0.6) is 0 Å². The van der Waals surface area contributed by atoms with E-state index in [4.69, 9.17) is 14.2 Å². The number of carbonyl (C=O) groups is 1. The van der Waals surface area contributed by atoms with Crippen LogP contribution < -0.4 is 0 Å². The monoisotopic (exact) mass is 310 g/mol. The number of carbonyl (C=O) groups excluding carboxylic acids is 1. The third kappa shape index (κ3) is 3.42. The fourth-order valence-electron chi connectivity index (χ4n) is 3.34. The summed E-state index contributed by atoms with van der Waals surface area (Å²) < 4.78 is 17.4. The number of esters is 1. The number of rotatable bonds is 2. The second-order valence-corrected chi connectivity index (χ2v) is 6.42. The molecule has 1 aliphatic heterocycles.